The van der Waals surface area contributed by atoms with E-state index in [2.05, 4.69) is 10.1 Å². The third-order valence-corrected chi connectivity index (χ3v) is 1.98. The highest BCUT2D eigenvalue weighted by Crippen LogP contribution is 2.12. The molecule has 2 aromatic heterocycles. The highest BCUT2D eigenvalue weighted by atomic mass is 35.5. The Morgan fingerprint density at radius 2 is 2.43 bits per heavy atom. The van der Waals surface area contributed by atoms with Gasteiger partial charge >= 0.3 is 0 Å². The Balaban J connectivity index is 2.55. The van der Waals surface area contributed by atoms with E-state index in [0.717, 1.165) is 5.56 Å². The van der Waals surface area contributed by atoms with E-state index in [9.17, 15) is 0 Å². The predicted octanol–water partition coefficient (Wildman–Crippen LogP) is 1.39. The number of fused-ring (bicyclic) bond motifs is 1. The molecule has 0 aliphatic heterocycles. The SMILES string of the molecule is OCC=Cc1cnn2ccc(Cl)nc12. The zero-order valence-electron chi connectivity index (χ0n) is 7.26. The van der Waals surface area contributed by atoms with Crippen molar-refractivity contribution in [2.24, 2.45) is 0 Å². The van der Waals surface area contributed by atoms with E-state index in [1.165, 1.54) is 0 Å². The lowest BCUT2D eigenvalue weighted by atomic mass is 10.3. The van der Waals surface area contributed by atoms with E-state index in [-0.39, 0.29) is 6.61 Å². The standard InChI is InChI=1S/C9H8ClN3O/c10-8-3-4-13-9(12-8)7(6-11-13)2-1-5-14/h1-4,6,14H,5H2. The van der Waals surface area contributed by atoms with Crippen molar-refractivity contribution in [1.82, 2.24) is 14.6 Å². The van der Waals surface area contributed by atoms with Gasteiger partial charge in [0.25, 0.3) is 0 Å². The maximum absolute atomic E-state index is 8.63. The van der Waals surface area contributed by atoms with Gasteiger partial charge in [-0.1, -0.05) is 23.8 Å². The number of hydrogen-bond donors (Lipinski definition) is 1. The topological polar surface area (TPSA) is 50.4 Å². The van der Waals surface area contributed by atoms with Crippen LogP contribution in [0.25, 0.3) is 11.7 Å². The summed E-state index contributed by atoms with van der Waals surface area (Å²) >= 11 is 5.76. The van der Waals surface area contributed by atoms with Crippen LogP contribution in [0, 0.1) is 0 Å². The van der Waals surface area contributed by atoms with Crippen LogP contribution in [-0.4, -0.2) is 26.3 Å². The second-order valence-electron chi connectivity index (χ2n) is 2.70. The fourth-order valence-corrected chi connectivity index (χ4v) is 1.30. The molecular formula is C9H8ClN3O. The lowest BCUT2D eigenvalue weighted by Crippen LogP contribution is -1.89. The third kappa shape index (κ3) is 1.62. The van der Waals surface area contributed by atoms with Crippen LogP contribution >= 0.6 is 11.6 Å². The summed E-state index contributed by atoms with van der Waals surface area (Å²) in [7, 11) is 0. The van der Waals surface area contributed by atoms with Crippen LogP contribution in [0.3, 0.4) is 0 Å². The quantitative estimate of drug-likeness (QED) is 0.761. The van der Waals surface area contributed by atoms with Gasteiger partial charge in [0.05, 0.1) is 12.8 Å². The molecule has 2 rings (SSSR count). The average molecular weight is 210 g/mol. The average Bonchev–Trinajstić information content (AvgIpc) is 2.57. The van der Waals surface area contributed by atoms with Crippen molar-refractivity contribution in [2.75, 3.05) is 6.61 Å². The summed E-state index contributed by atoms with van der Waals surface area (Å²) in [5.41, 5.74) is 1.52. The zero-order chi connectivity index (χ0) is 9.97. The first kappa shape index (κ1) is 9.18. The molecule has 0 saturated heterocycles. The van der Waals surface area contributed by atoms with Gasteiger partial charge in [0, 0.05) is 11.8 Å². The number of halogens is 1. The normalized spacial score (nSPS) is 11.6. The van der Waals surface area contributed by atoms with E-state index in [1.807, 2.05) is 0 Å². The molecule has 0 spiro atoms. The Hall–Kier alpha value is -1.39. The molecule has 2 heterocycles. The third-order valence-electron chi connectivity index (χ3n) is 1.77. The number of hydrogen-bond acceptors (Lipinski definition) is 3. The summed E-state index contributed by atoms with van der Waals surface area (Å²) in [5, 5.41) is 13.1. The first-order valence-corrected chi connectivity index (χ1v) is 4.46. The van der Waals surface area contributed by atoms with Gasteiger partial charge in [-0.05, 0) is 6.07 Å². The van der Waals surface area contributed by atoms with Gasteiger partial charge < -0.3 is 5.11 Å². The Labute approximate surface area is 85.5 Å². The largest absolute Gasteiger partial charge is 0.392 e. The van der Waals surface area contributed by atoms with E-state index in [1.54, 1.807) is 35.1 Å². The van der Waals surface area contributed by atoms with Crippen molar-refractivity contribution < 1.29 is 5.11 Å². The molecule has 0 aliphatic carbocycles. The molecule has 0 aliphatic rings. The molecule has 72 valence electrons. The molecule has 0 radical (unpaired) electrons. The lowest BCUT2D eigenvalue weighted by molar-refractivity contribution is 0.343. The second kappa shape index (κ2) is 3.77. The monoisotopic (exact) mass is 209 g/mol. The van der Waals surface area contributed by atoms with Crippen molar-refractivity contribution in [3.05, 3.63) is 35.3 Å². The lowest BCUT2D eigenvalue weighted by Gasteiger charge is -1.93. The highest BCUT2D eigenvalue weighted by molar-refractivity contribution is 6.29. The van der Waals surface area contributed by atoms with E-state index < -0.39 is 0 Å². The number of aliphatic hydroxyl groups is 1. The van der Waals surface area contributed by atoms with Crippen molar-refractivity contribution in [3.63, 3.8) is 0 Å². The molecule has 0 amide bonds. The van der Waals surface area contributed by atoms with E-state index in [0.29, 0.717) is 10.8 Å². The number of aromatic nitrogens is 3. The molecule has 0 aromatic carbocycles. The molecule has 0 unspecified atom stereocenters. The fraction of sp³-hybridized carbons (Fsp3) is 0.111. The van der Waals surface area contributed by atoms with Crippen LogP contribution in [-0.2, 0) is 0 Å². The molecule has 5 heteroatoms. The van der Waals surface area contributed by atoms with Gasteiger partial charge in [0.1, 0.15) is 5.15 Å². The zero-order valence-corrected chi connectivity index (χ0v) is 8.02. The molecule has 0 fully saturated rings. The van der Waals surface area contributed by atoms with Crippen LogP contribution in [0.15, 0.2) is 24.5 Å². The minimum absolute atomic E-state index is 0.00208. The minimum atomic E-state index is -0.00208. The van der Waals surface area contributed by atoms with Crippen LogP contribution < -0.4 is 0 Å². The van der Waals surface area contributed by atoms with Gasteiger partial charge in [-0.15, -0.1) is 0 Å². The Bertz CT molecular complexity index is 478. The van der Waals surface area contributed by atoms with Gasteiger partial charge in [0.2, 0.25) is 0 Å². The summed E-state index contributed by atoms with van der Waals surface area (Å²) in [6, 6.07) is 1.67. The van der Waals surface area contributed by atoms with Crippen molar-refractivity contribution in [1.29, 1.82) is 0 Å². The van der Waals surface area contributed by atoms with Gasteiger partial charge in [-0.2, -0.15) is 5.10 Å². The smallest absolute Gasteiger partial charge is 0.163 e. The van der Waals surface area contributed by atoms with E-state index in [4.69, 9.17) is 16.7 Å². The maximum Gasteiger partial charge on any atom is 0.163 e. The summed E-state index contributed by atoms with van der Waals surface area (Å²) in [4.78, 5) is 4.12. The molecule has 2 aromatic rings. The second-order valence-corrected chi connectivity index (χ2v) is 3.09. The van der Waals surface area contributed by atoms with Gasteiger partial charge in [-0.25, -0.2) is 9.50 Å². The molecule has 4 nitrogen and oxygen atoms in total. The van der Waals surface area contributed by atoms with E-state index >= 15 is 0 Å². The first-order chi connectivity index (χ1) is 6.81. The Morgan fingerprint density at radius 3 is 3.21 bits per heavy atom. The Kier molecular flexibility index (Phi) is 2.47. The molecule has 1 N–H and O–H groups in total. The first-order valence-electron chi connectivity index (χ1n) is 4.08. The summed E-state index contributed by atoms with van der Waals surface area (Å²) in [6.07, 6.45) is 6.79. The molecule has 14 heavy (non-hydrogen) atoms. The summed E-state index contributed by atoms with van der Waals surface area (Å²) in [6.45, 7) is -0.00208. The number of aliphatic hydroxyl groups excluding tert-OH is 1. The van der Waals surface area contributed by atoms with Crippen LogP contribution in [0.1, 0.15) is 5.56 Å². The fourth-order valence-electron chi connectivity index (χ4n) is 1.16. The Morgan fingerprint density at radius 1 is 1.57 bits per heavy atom. The van der Waals surface area contributed by atoms with Gasteiger partial charge in [-0.3, -0.25) is 0 Å². The molecule has 0 saturated carbocycles. The van der Waals surface area contributed by atoms with Crippen molar-refractivity contribution >= 4 is 23.3 Å². The predicted molar refractivity (Wildman–Crippen MR) is 54.1 cm³/mol. The van der Waals surface area contributed by atoms with Crippen LogP contribution in [0.4, 0.5) is 0 Å². The highest BCUT2D eigenvalue weighted by Gasteiger charge is 2.02. The number of rotatable bonds is 2. The number of nitrogens with zero attached hydrogens (tertiary/aromatic N) is 3. The van der Waals surface area contributed by atoms with Crippen molar-refractivity contribution in [2.45, 2.75) is 0 Å². The maximum atomic E-state index is 8.63. The van der Waals surface area contributed by atoms with Gasteiger partial charge in [0.15, 0.2) is 5.65 Å². The minimum Gasteiger partial charge on any atom is -0.392 e. The molecular weight excluding hydrogens is 202 g/mol. The van der Waals surface area contributed by atoms with Crippen LogP contribution in [0.2, 0.25) is 5.15 Å². The molecule has 0 bridgehead atoms. The van der Waals surface area contributed by atoms with Crippen LogP contribution in [0.5, 0.6) is 0 Å². The van der Waals surface area contributed by atoms with Crippen molar-refractivity contribution in [3.8, 4) is 0 Å². The molecule has 0 atom stereocenters. The summed E-state index contributed by atoms with van der Waals surface area (Å²) in [5.74, 6) is 0. The summed E-state index contributed by atoms with van der Waals surface area (Å²) < 4.78 is 1.63.